The van der Waals surface area contributed by atoms with Crippen molar-refractivity contribution in [2.45, 2.75) is 96.1 Å². The molecule has 2 saturated carbocycles. The van der Waals surface area contributed by atoms with E-state index in [1.165, 1.54) is 83.6 Å². The Bertz CT molecular complexity index is 224. The third-order valence-corrected chi connectivity index (χ3v) is 5.60. The topological polar surface area (TPSA) is 29.3 Å². The Morgan fingerprint density at radius 2 is 1.40 bits per heavy atom. The molecule has 0 amide bonds. The summed E-state index contributed by atoms with van der Waals surface area (Å²) in [5.74, 6) is 0.703. The van der Waals surface area contributed by atoms with E-state index < -0.39 is 0 Å². The van der Waals surface area contributed by atoms with E-state index in [1.807, 2.05) is 0 Å². The van der Waals surface area contributed by atoms with Crippen molar-refractivity contribution >= 4 is 0 Å². The lowest BCUT2D eigenvalue weighted by molar-refractivity contribution is 0.0779. The molecule has 0 aromatic rings. The summed E-state index contributed by atoms with van der Waals surface area (Å²) in [7, 11) is 0. The van der Waals surface area contributed by atoms with Crippen LogP contribution >= 0.6 is 0 Å². The predicted molar refractivity (Wildman–Crippen MR) is 87.9 cm³/mol. The van der Waals surface area contributed by atoms with Gasteiger partial charge in [0.1, 0.15) is 0 Å². The van der Waals surface area contributed by atoms with E-state index in [0.717, 1.165) is 18.6 Å². The SMILES string of the molecule is CC(CN)CCCN(C1CCCCC1)C1CCCCC1. The lowest BCUT2D eigenvalue weighted by Gasteiger charge is -2.42. The van der Waals surface area contributed by atoms with Crippen molar-refractivity contribution in [3.8, 4) is 0 Å². The Kier molecular flexibility index (Phi) is 7.37. The van der Waals surface area contributed by atoms with Gasteiger partial charge >= 0.3 is 0 Å². The van der Waals surface area contributed by atoms with Crippen molar-refractivity contribution in [3.05, 3.63) is 0 Å². The quantitative estimate of drug-likeness (QED) is 0.752. The van der Waals surface area contributed by atoms with Gasteiger partial charge in [-0.05, 0) is 57.5 Å². The fourth-order valence-corrected chi connectivity index (χ4v) is 4.23. The van der Waals surface area contributed by atoms with Crippen LogP contribution in [0.25, 0.3) is 0 Å². The Morgan fingerprint density at radius 3 is 1.85 bits per heavy atom. The second-order valence-corrected chi connectivity index (χ2v) is 7.30. The molecule has 0 aromatic carbocycles. The lowest BCUT2D eigenvalue weighted by atomic mass is 9.88. The molecule has 2 aliphatic rings. The van der Waals surface area contributed by atoms with E-state index in [9.17, 15) is 0 Å². The van der Waals surface area contributed by atoms with E-state index in [-0.39, 0.29) is 0 Å². The van der Waals surface area contributed by atoms with Crippen molar-refractivity contribution < 1.29 is 0 Å². The molecule has 0 saturated heterocycles. The van der Waals surface area contributed by atoms with Gasteiger partial charge in [0, 0.05) is 12.1 Å². The molecule has 0 bridgehead atoms. The molecule has 1 unspecified atom stereocenters. The molecule has 2 fully saturated rings. The summed E-state index contributed by atoms with van der Waals surface area (Å²) < 4.78 is 0. The highest BCUT2D eigenvalue weighted by molar-refractivity contribution is 4.83. The largest absolute Gasteiger partial charge is 0.330 e. The zero-order valence-corrected chi connectivity index (χ0v) is 13.7. The van der Waals surface area contributed by atoms with Crippen LogP contribution in [0.2, 0.25) is 0 Å². The Hall–Kier alpha value is -0.0800. The standard InChI is InChI=1S/C18H36N2/c1-16(15-19)9-8-14-20(17-10-4-2-5-11-17)18-12-6-3-7-13-18/h16-18H,2-15,19H2,1H3. The maximum Gasteiger partial charge on any atom is 0.00981 e. The second-order valence-electron chi connectivity index (χ2n) is 7.30. The average Bonchev–Trinajstić information content (AvgIpc) is 2.53. The van der Waals surface area contributed by atoms with Gasteiger partial charge in [-0.3, -0.25) is 4.90 Å². The Morgan fingerprint density at radius 1 is 0.900 bits per heavy atom. The minimum Gasteiger partial charge on any atom is -0.330 e. The number of rotatable bonds is 7. The van der Waals surface area contributed by atoms with Gasteiger partial charge in [0.25, 0.3) is 0 Å². The second kappa shape index (κ2) is 9.04. The third-order valence-electron chi connectivity index (χ3n) is 5.60. The van der Waals surface area contributed by atoms with Gasteiger partial charge in [0.15, 0.2) is 0 Å². The van der Waals surface area contributed by atoms with Crippen LogP contribution in [-0.2, 0) is 0 Å². The fraction of sp³-hybridized carbons (Fsp3) is 1.00. The van der Waals surface area contributed by atoms with Crippen molar-refractivity contribution in [2.75, 3.05) is 13.1 Å². The minimum absolute atomic E-state index is 0.703. The molecular formula is C18H36N2. The van der Waals surface area contributed by atoms with Crippen molar-refractivity contribution in [3.63, 3.8) is 0 Å². The Balaban J connectivity index is 1.84. The van der Waals surface area contributed by atoms with Crippen molar-refractivity contribution in [2.24, 2.45) is 11.7 Å². The monoisotopic (exact) mass is 280 g/mol. The van der Waals surface area contributed by atoms with Crippen molar-refractivity contribution in [1.82, 2.24) is 4.90 Å². The number of nitrogens with zero attached hydrogens (tertiary/aromatic N) is 1. The molecule has 2 rings (SSSR count). The van der Waals surface area contributed by atoms with Gasteiger partial charge in [-0.1, -0.05) is 45.4 Å². The normalized spacial score (nSPS) is 24.1. The van der Waals surface area contributed by atoms with E-state index in [4.69, 9.17) is 5.73 Å². The van der Waals surface area contributed by atoms with Crippen LogP contribution in [0.4, 0.5) is 0 Å². The third kappa shape index (κ3) is 5.04. The van der Waals surface area contributed by atoms with Gasteiger partial charge in [-0.15, -0.1) is 0 Å². The van der Waals surface area contributed by atoms with Gasteiger partial charge in [-0.25, -0.2) is 0 Å². The predicted octanol–water partition coefficient (Wildman–Crippen LogP) is 4.33. The summed E-state index contributed by atoms with van der Waals surface area (Å²) in [6, 6.07) is 1.81. The molecule has 1 atom stereocenters. The summed E-state index contributed by atoms with van der Waals surface area (Å²) >= 11 is 0. The minimum atomic E-state index is 0.703. The molecule has 118 valence electrons. The summed E-state index contributed by atoms with van der Waals surface area (Å²) in [4.78, 5) is 2.93. The van der Waals surface area contributed by atoms with Crippen LogP contribution in [0.1, 0.15) is 84.0 Å². The number of nitrogens with two attached hydrogens (primary N) is 1. The molecule has 0 aromatic heterocycles. The van der Waals surface area contributed by atoms with E-state index >= 15 is 0 Å². The molecule has 20 heavy (non-hydrogen) atoms. The number of hydrogen-bond acceptors (Lipinski definition) is 2. The molecule has 2 nitrogen and oxygen atoms in total. The van der Waals surface area contributed by atoms with Crippen LogP contribution in [0.5, 0.6) is 0 Å². The fourth-order valence-electron chi connectivity index (χ4n) is 4.23. The molecule has 0 spiro atoms. The molecule has 0 heterocycles. The molecule has 2 aliphatic carbocycles. The van der Waals surface area contributed by atoms with Crippen LogP contribution in [0, 0.1) is 5.92 Å². The lowest BCUT2D eigenvalue weighted by Crippen LogP contribution is -2.45. The summed E-state index contributed by atoms with van der Waals surface area (Å²) in [6.45, 7) is 4.48. The molecule has 2 heteroatoms. The first-order valence-electron chi connectivity index (χ1n) is 9.27. The number of hydrogen-bond donors (Lipinski definition) is 1. The van der Waals surface area contributed by atoms with Crippen molar-refractivity contribution in [1.29, 1.82) is 0 Å². The molecular weight excluding hydrogens is 244 g/mol. The van der Waals surface area contributed by atoms with Crippen LogP contribution < -0.4 is 5.73 Å². The Labute approximate surface area is 126 Å². The zero-order valence-electron chi connectivity index (χ0n) is 13.7. The van der Waals surface area contributed by atoms with Crippen LogP contribution in [0.15, 0.2) is 0 Å². The average molecular weight is 280 g/mol. The highest BCUT2D eigenvalue weighted by Crippen LogP contribution is 2.30. The van der Waals surface area contributed by atoms with Gasteiger partial charge in [0.2, 0.25) is 0 Å². The van der Waals surface area contributed by atoms with Crippen LogP contribution in [0.3, 0.4) is 0 Å². The zero-order chi connectivity index (χ0) is 14.2. The maximum atomic E-state index is 5.76. The summed E-state index contributed by atoms with van der Waals surface area (Å²) in [5.41, 5.74) is 5.76. The van der Waals surface area contributed by atoms with Gasteiger partial charge < -0.3 is 5.73 Å². The van der Waals surface area contributed by atoms with E-state index in [2.05, 4.69) is 11.8 Å². The first-order valence-corrected chi connectivity index (χ1v) is 9.27. The summed E-state index contributed by atoms with van der Waals surface area (Å²) in [6.07, 6.45) is 17.3. The molecule has 0 radical (unpaired) electrons. The van der Waals surface area contributed by atoms with E-state index in [1.54, 1.807) is 0 Å². The first-order chi connectivity index (χ1) is 9.81. The van der Waals surface area contributed by atoms with Crippen LogP contribution in [-0.4, -0.2) is 30.1 Å². The van der Waals surface area contributed by atoms with Gasteiger partial charge in [0.05, 0.1) is 0 Å². The summed E-state index contributed by atoms with van der Waals surface area (Å²) in [5, 5.41) is 0. The van der Waals surface area contributed by atoms with Gasteiger partial charge in [-0.2, -0.15) is 0 Å². The smallest absolute Gasteiger partial charge is 0.00981 e. The molecule has 2 N–H and O–H groups in total. The first kappa shape index (κ1) is 16.3. The highest BCUT2D eigenvalue weighted by atomic mass is 15.2. The molecule has 0 aliphatic heterocycles. The van der Waals surface area contributed by atoms with E-state index in [0.29, 0.717) is 5.92 Å². The highest BCUT2D eigenvalue weighted by Gasteiger charge is 2.28. The maximum absolute atomic E-state index is 5.76.